The Labute approximate surface area is 109 Å². The standard InChI is InChI=1S/C15H22N2O/c1-10-4-3-5-13(10)9-17-15(18)12-7-6-11(2)14(16)8-12/h6-8,10,13H,3-5,9,16H2,1-2H3,(H,17,18). The number of hydrogen-bond donors (Lipinski definition) is 2. The second kappa shape index (κ2) is 5.42. The molecule has 1 amide bonds. The van der Waals surface area contributed by atoms with Crippen LogP contribution in [-0.4, -0.2) is 12.5 Å². The maximum atomic E-state index is 12.0. The second-order valence-electron chi connectivity index (χ2n) is 5.45. The summed E-state index contributed by atoms with van der Waals surface area (Å²) in [5, 5.41) is 3.02. The fraction of sp³-hybridized carbons (Fsp3) is 0.533. The quantitative estimate of drug-likeness (QED) is 0.806. The van der Waals surface area contributed by atoms with Crippen molar-refractivity contribution in [3.05, 3.63) is 29.3 Å². The van der Waals surface area contributed by atoms with Gasteiger partial charge in [0.15, 0.2) is 0 Å². The highest BCUT2D eigenvalue weighted by Crippen LogP contribution is 2.30. The first-order chi connectivity index (χ1) is 8.58. The van der Waals surface area contributed by atoms with Gasteiger partial charge < -0.3 is 11.1 Å². The number of nitrogens with one attached hydrogen (secondary N) is 1. The number of nitrogen functional groups attached to an aromatic ring is 1. The fourth-order valence-corrected chi connectivity index (χ4v) is 2.63. The summed E-state index contributed by atoms with van der Waals surface area (Å²) in [6.45, 7) is 5.00. The molecule has 0 bridgehead atoms. The summed E-state index contributed by atoms with van der Waals surface area (Å²) in [6.07, 6.45) is 3.81. The van der Waals surface area contributed by atoms with Gasteiger partial charge in [0.2, 0.25) is 0 Å². The van der Waals surface area contributed by atoms with Gasteiger partial charge in [-0.3, -0.25) is 4.79 Å². The van der Waals surface area contributed by atoms with Crippen molar-refractivity contribution in [3.63, 3.8) is 0 Å². The zero-order valence-corrected chi connectivity index (χ0v) is 11.2. The van der Waals surface area contributed by atoms with Crippen molar-refractivity contribution in [2.24, 2.45) is 11.8 Å². The van der Waals surface area contributed by atoms with Crippen molar-refractivity contribution in [2.75, 3.05) is 12.3 Å². The van der Waals surface area contributed by atoms with Crippen molar-refractivity contribution in [2.45, 2.75) is 33.1 Å². The van der Waals surface area contributed by atoms with Gasteiger partial charge in [-0.2, -0.15) is 0 Å². The molecular weight excluding hydrogens is 224 g/mol. The number of nitrogens with two attached hydrogens (primary N) is 1. The first kappa shape index (κ1) is 12.9. The van der Waals surface area contributed by atoms with Gasteiger partial charge in [0.05, 0.1) is 0 Å². The van der Waals surface area contributed by atoms with E-state index in [-0.39, 0.29) is 5.91 Å². The second-order valence-corrected chi connectivity index (χ2v) is 5.45. The maximum Gasteiger partial charge on any atom is 0.251 e. The van der Waals surface area contributed by atoms with Gasteiger partial charge in [-0.25, -0.2) is 0 Å². The van der Waals surface area contributed by atoms with E-state index in [4.69, 9.17) is 5.73 Å². The molecule has 1 aromatic rings. The van der Waals surface area contributed by atoms with Crippen LogP contribution in [0.15, 0.2) is 18.2 Å². The molecule has 1 saturated carbocycles. The van der Waals surface area contributed by atoms with E-state index in [0.717, 1.165) is 18.0 Å². The Hall–Kier alpha value is -1.51. The molecular formula is C15H22N2O. The van der Waals surface area contributed by atoms with Crippen LogP contribution in [0.25, 0.3) is 0 Å². The molecule has 98 valence electrons. The number of hydrogen-bond acceptors (Lipinski definition) is 2. The Morgan fingerprint density at radius 2 is 2.22 bits per heavy atom. The van der Waals surface area contributed by atoms with Crippen LogP contribution in [0.1, 0.15) is 42.1 Å². The van der Waals surface area contributed by atoms with Crippen LogP contribution in [0.5, 0.6) is 0 Å². The Morgan fingerprint density at radius 1 is 1.44 bits per heavy atom. The van der Waals surface area contributed by atoms with E-state index < -0.39 is 0 Å². The smallest absolute Gasteiger partial charge is 0.251 e. The molecule has 1 aromatic carbocycles. The number of aryl methyl sites for hydroxylation is 1. The van der Waals surface area contributed by atoms with Crippen LogP contribution in [0.3, 0.4) is 0 Å². The van der Waals surface area contributed by atoms with Gasteiger partial charge in [0.25, 0.3) is 5.91 Å². The predicted molar refractivity (Wildman–Crippen MR) is 74.4 cm³/mol. The molecule has 3 nitrogen and oxygen atoms in total. The highest BCUT2D eigenvalue weighted by atomic mass is 16.1. The number of carbonyl (C=O) groups excluding carboxylic acids is 1. The molecule has 18 heavy (non-hydrogen) atoms. The van der Waals surface area contributed by atoms with E-state index in [1.807, 2.05) is 19.1 Å². The molecule has 0 aliphatic heterocycles. The molecule has 0 spiro atoms. The van der Waals surface area contributed by atoms with Crippen molar-refractivity contribution < 1.29 is 4.79 Å². The zero-order chi connectivity index (χ0) is 13.1. The van der Waals surface area contributed by atoms with Crippen molar-refractivity contribution >= 4 is 11.6 Å². The number of anilines is 1. The average Bonchev–Trinajstić information content (AvgIpc) is 2.75. The predicted octanol–water partition coefficient (Wildman–Crippen LogP) is 2.74. The van der Waals surface area contributed by atoms with Gasteiger partial charge in [-0.1, -0.05) is 25.8 Å². The summed E-state index contributed by atoms with van der Waals surface area (Å²) in [4.78, 5) is 12.0. The Morgan fingerprint density at radius 3 is 2.83 bits per heavy atom. The molecule has 0 radical (unpaired) electrons. The molecule has 2 atom stereocenters. The van der Waals surface area contributed by atoms with Gasteiger partial charge in [0, 0.05) is 17.8 Å². The monoisotopic (exact) mass is 246 g/mol. The molecule has 3 heteroatoms. The molecule has 2 unspecified atom stereocenters. The van der Waals surface area contributed by atoms with Gasteiger partial charge in [0.1, 0.15) is 0 Å². The first-order valence-corrected chi connectivity index (χ1v) is 6.72. The first-order valence-electron chi connectivity index (χ1n) is 6.72. The summed E-state index contributed by atoms with van der Waals surface area (Å²) >= 11 is 0. The molecule has 1 aliphatic rings. The minimum absolute atomic E-state index is 0.0131. The number of benzene rings is 1. The summed E-state index contributed by atoms with van der Waals surface area (Å²) in [7, 11) is 0. The zero-order valence-electron chi connectivity index (χ0n) is 11.2. The van der Waals surface area contributed by atoms with E-state index in [9.17, 15) is 4.79 Å². The van der Waals surface area contributed by atoms with Crippen LogP contribution in [-0.2, 0) is 0 Å². The Balaban J connectivity index is 1.93. The van der Waals surface area contributed by atoms with Crippen LogP contribution in [0.2, 0.25) is 0 Å². The van der Waals surface area contributed by atoms with E-state index in [2.05, 4.69) is 12.2 Å². The van der Waals surface area contributed by atoms with E-state index in [0.29, 0.717) is 17.2 Å². The highest BCUT2D eigenvalue weighted by molar-refractivity contribution is 5.95. The van der Waals surface area contributed by atoms with Crippen molar-refractivity contribution in [1.82, 2.24) is 5.32 Å². The fourth-order valence-electron chi connectivity index (χ4n) is 2.63. The molecule has 1 fully saturated rings. The summed E-state index contributed by atoms with van der Waals surface area (Å²) in [5.74, 6) is 1.35. The van der Waals surface area contributed by atoms with Crippen LogP contribution in [0.4, 0.5) is 5.69 Å². The Kier molecular flexibility index (Phi) is 3.90. The third-order valence-electron chi connectivity index (χ3n) is 4.11. The van der Waals surface area contributed by atoms with Crippen LogP contribution < -0.4 is 11.1 Å². The molecule has 1 aliphatic carbocycles. The molecule has 0 saturated heterocycles. The SMILES string of the molecule is Cc1ccc(C(=O)NCC2CCCC2C)cc1N. The number of carbonyl (C=O) groups is 1. The normalized spacial score (nSPS) is 23.0. The van der Waals surface area contributed by atoms with Crippen LogP contribution in [0, 0.1) is 18.8 Å². The highest BCUT2D eigenvalue weighted by Gasteiger charge is 2.23. The topological polar surface area (TPSA) is 55.1 Å². The number of amides is 1. The lowest BCUT2D eigenvalue weighted by molar-refractivity contribution is 0.0944. The summed E-state index contributed by atoms with van der Waals surface area (Å²) in [6, 6.07) is 5.48. The molecule has 0 heterocycles. The van der Waals surface area contributed by atoms with Crippen molar-refractivity contribution in [1.29, 1.82) is 0 Å². The third kappa shape index (κ3) is 2.84. The lowest BCUT2D eigenvalue weighted by atomic mass is 9.98. The molecule has 0 aromatic heterocycles. The Bertz CT molecular complexity index is 442. The van der Waals surface area contributed by atoms with E-state index >= 15 is 0 Å². The van der Waals surface area contributed by atoms with Crippen molar-refractivity contribution in [3.8, 4) is 0 Å². The average molecular weight is 246 g/mol. The minimum atomic E-state index is -0.0131. The van der Waals surface area contributed by atoms with Gasteiger partial charge in [-0.05, 0) is 42.9 Å². The third-order valence-corrected chi connectivity index (χ3v) is 4.11. The summed E-state index contributed by atoms with van der Waals surface area (Å²) < 4.78 is 0. The van der Waals surface area contributed by atoms with Gasteiger partial charge >= 0.3 is 0 Å². The molecule has 2 rings (SSSR count). The lowest BCUT2D eigenvalue weighted by Gasteiger charge is -2.16. The lowest BCUT2D eigenvalue weighted by Crippen LogP contribution is -2.30. The minimum Gasteiger partial charge on any atom is -0.398 e. The summed E-state index contributed by atoms with van der Waals surface area (Å²) in [5.41, 5.74) is 8.16. The van der Waals surface area contributed by atoms with E-state index in [1.54, 1.807) is 6.07 Å². The molecule has 3 N–H and O–H groups in total. The number of rotatable bonds is 3. The largest absolute Gasteiger partial charge is 0.398 e. The van der Waals surface area contributed by atoms with Gasteiger partial charge in [-0.15, -0.1) is 0 Å². The van der Waals surface area contributed by atoms with E-state index in [1.165, 1.54) is 19.3 Å². The maximum absolute atomic E-state index is 12.0. The van der Waals surface area contributed by atoms with Crippen LogP contribution >= 0.6 is 0 Å².